The molecule has 0 unspecified atom stereocenters. The van der Waals surface area contributed by atoms with Gasteiger partial charge in [0.2, 0.25) is 11.8 Å². The number of amides is 3. The van der Waals surface area contributed by atoms with Gasteiger partial charge in [-0.2, -0.15) is 13.2 Å². The third-order valence-corrected chi connectivity index (χ3v) is 7.94. The summed E-state index contributed by atoms with van der Waals surface area (Å²) in [5.41, 5.74) is 0.394. The molecule has 2 aliphatic heterocycles. The summed E-state index contributed by atoms with van der Waals surface area (Å²) in [5, 5.41) is 2.64. The fourth-order valence-electron chi connectivity index (χ4n) is 5.66. The average Bonchev–Trinajstić information content (AvgIpc) is 3.27. The van der Waals surface area contributed by atoms with Crippen LogP contribution in [0.5, 0.6) is 0 Å². The molecule has 0 aromatic heterocycles. The molecule has 2 aliphatic rings. The minimum atomic E-state index is -4.48. The lowest BCUT2D eigenvalue weighted by Crippen LogP contribution is -2.57. The molecule has 226 valence electrons. The van der Waals surface area contributed by atoms with Crippen molar-refractivity contribution in [3.63, 3.8) is 0 Å². The monoisotopic (exact) mass is 594 g/mol. The molecule has 43 heavy (non-hydrogen) atoms. The van der Waals surface area contributed by atoms with Crippen LogP contribution < -0.4 is 10.2 Å². The molecule has 1 spiro atoms. The highest BCUT2D eigenvalue weighted by atomic mass is 19.4. The summed E-state index contributed by atoms with van der Waals surface area (Å²) in [4.78, 5) is 44.8. The molecule has 0 saturated carbocycles. The average molecular weight is 595 g/mol. The van der Waals surface area contributed by atoms with E-state index in [9.17, 15) is 27.6 Å². The van der Waals surface area contributed by atoms with Gasteiger partial charge in [-0.25, -0.2) is 0 Å². The van der Waals surface area contributed by atoms with Gasteiger partial charge < -0.3 is 24.8 Å². The molecule has 1 N–H and O–H groups in total. The van der Waals surface area contributed by atoms with E-state index in [1.54, 1.807) is 4.90 Å². The molecular formula is C32H33F3N4O4. The number of carbonyl (C=O) groups excluding carboxylic acids is 3. The molecular weight excluding hydrogens is 561 g/mol. The minimum Gasteiger partial charge on any atom is -0.367 e. The maximum atomic E-state index is 13.9. The summed E-state index contributed by atoms with van der Waals surface area (Å²) in [7, 11) is 0. The number of benzene rings is 3. The first-order chi connectivity index (χ1) is 20.7. The zero-order valence-electron chi connectivity index (χ0n) is 23.6. The number of hydrogen-bond donors (Lipinski definition) is 1. The number of nitrogens with zero attached hydrogens (tertiary/aromatic N) is 3. The number of rotatable bonds is 9. The van der Waals surface area contributed by atoms with Crippen molar-refractivity contribution in [1.82, 2.24) is 15.1 Å². The Morgan fingerprint density at radius 1 is 0.884 bits per heavy atom. The number of ether oxygens (including phenoxy) is 1. The van der Waals surface area contributed by atoms with Crippen molar-refractivity contribution in [2.75, 3.05) is 37.8 Å². The Morgan fingerprint density at radius 3 is 2.21 bits per heavy atom. The molecule has 0 radical (unpaired) electrons. The van der Waals surface area contributed by atoms with Gasteiger partial charge in [-0.15, -0.1) is 0 Å². The first kappa shape index (κ1) is 30.1. The van der Waals surface area contributed by atoms with Gasteiger partial charge in [0, 0.05) is 25.3 Å². The SMILES string of the molecule is O=C(CN1CN(c2ccccc2)C2(CCN(C(=O)COCc3ccccc3)CC2)C1=O)NCc1cccc(C(F)(F)F)c1. The van der Waals surface area contributed by atoms with Gasteiger partial charge in [-0.1, -0.05) is 60.7 Å². The number of hydrogen-bond acceptors (Lipinski definition) is 5. The van der Waals surface area contributed by atoms with Crippen LogP contribution in [0.1, 0.15) is 29.5 Å². The first-order valence-corrected chi connectivity index (χ1v) is 14.1. The Morgan fingerprint density at radius 2 is 1.53 bits per heavy atom. The van der Waals surface area contributed by atoms with Crippen molar-refractivity contribution in [2.24, 2.45) is 0 Å². The van der Waals surface area contributed by atoms with Crippen LogP contribution in [0.4, 0.5) is 18.9 Å². The largest absolute Gasteiger partial charge is 0.416 e. The fraction of sp³-hybridized carbons (Fsp3) is 0.344. The summed E-state index contributed by atoms with van der Waals surface area (Å²) in [6.07, 6.45) is -3.71. The lowest BCUT2D eigenvalue weighted by atomic mass is 9.85. The normalized spacial score (nSPS) is 16.5. The van der Waals surface area contributed by atoms with Crippen molar-refractivity contribution in [1.29, 1.82) is 0 Å². The summed E-state index contributed by atoms with van der Waals surface area (Å²) in [6.45, 7) is 0.830. The molecule has 0 bridgehead atoms. The number of likely N-dealkylation sites (tertiary alicyclic amines) is 1. The quantitative estimate of drug-likeness (QED) is 0.402. The number of nitrogens with one attached hydrogen (secondary N) is 1. The minimum absolute atomic E-state index is 0.0591. The van der Waals surface area contributed by atoms with Crippen molar-refractivity contribution in [3.05, 3.63) is 102 Å². The van der Waals surface area contributed by atoms with Crippen LogP contribution in [0.2, 0.25) is 0 Å². The van der Waals surface area contributed by atoms with Gasteiger partial charge in [0.1, 0.15) is 18.7 Å². The Bertz CT molecular complexity index is 1430. The molecule has 0 aliphatic carbocycles. The van der Waals surface area contributed by atoms with E-state index in [-0.39, 0.29) is 38.2 Å². The van der Waals surface area contributed by atoms with Gasteiger partial charge in [-0.05, 0) is 48.2 Å². The van der Waals surface area contributed by atoms with E-state index in [1.165, 1.54) is 17.0 Å². The van der Waals surface area contributed by atoms with Crippen LogP contribution >= 0.6 is 0 Å². The third-order valence-electron chi connectivity index (χ3n) is 7.94. The van der Waals surface area contributed by atoms with Crippen molar-refractivity contribution in [3.8, 4) is 0 Å². The Labute approximate surface area is 248 Å². The smallest absolute Gasteiger partial charge is 0.367 e. The van der Waals surface area contributed by atoms with Crippen molar-refractivity contribution in [2.45, 2.75) is 37.7 Å². The van der Waals surface area contributed by atoms with E-state index in [0.717, 1.165) is 23.4 Å². The maximum Gasteiger partial charge on any atom is 0.416 e. The second-order valence-corrected chi connectivity index (χ2v) is 10.8. The van der Waals surface area contributed by atoms with Gasteiger partial charge >= 0.3 is 6.18 Å². The molecule has 3 aromatic rings. The van der Waals surface area contributed by atoms with E-state index in [0.29, 0.717) is 38.1 Å². The first-order valence-electron chi connectivity index (χ1n) is 14.1. The second-order valence-electron chi connectivity index (χ2n) is 10.8. The molecule has 3 amide bonds. The molecule has 5 rings (SSSR count). The van der Waals surface area contributed by atoms with Crippen LogP contribution in [0.25, 0.3) is 0 Å². The Balaban J connectivity index is 1.21. The van der Waals surface area contributed by atoms with Gasteiger partial charge in [0.05, 0.1) is 18.8 Å². The van der Waals surface area contributed by atoms with Gasteiger partial charge in [-0.3, -0.25) is 14.4 Å². The van der Waals surface area contributed by atoms with E-state index >= 15 is 0 Å². The summed E-state index contributed by atoms with van der Waals surface area (Å²) in [6, 6.07) is 23.8. The maximum absolute atomic E-state index is 13.9. The zero-order chi connectivity index (χ0) is 30.5. The summed E-state index contributed by atoms with van der Waals surface area (Å²) < 4.78 is 44.8. The molecule has 2 fully saturated rings. The van der Waals surface area contributed by atoms with E-state index < -0.39 is 23.2 Å². The molecule has 11 heteroatoms. The summed E-state index contributed by atoms with van der Waals surface area (Å²) >= 11 is 0. The Hall–Kier alpha value is -4.38. The fourth-order valence-corrected chi connectivity index (χ4v) is 5.66. The molecule has 3 aromatic carbocycles. The Kier molecular flexibility index (Phi) is 9.00. The van der Waals surface area contributed by atoms with E-state index in [4.69, 9.17) is 4.74 Å². The lowest BCUT2D eigenvalue weighted by Gasteiger charge is -2.43. The molecule has 2 heterocycles. The zero-order valence-corrected chi connectivity index (χ0v) is 23.6. The third kappa shape index (κ3) is 6.99. The highest BCUT2D eigenvalue weighted by molar-refractivity contribution is 5.96. The number of alkyl halides is 3. The predicted molar refractivity (Wildman–Crippen MR) is 153 cm³/mol. The predicted octanol–water partition coefficient (Wildman–Crippen LogP) is 4.21. The topological polar surface area (TPSA) is 82.2 Å². The van der Waals surface area contributed by atoms with E-state index in [1.807, 2.05) is 65.6 Å². The molecule has 8 nitrogen and oxygen atoms in total. The van der Waals surface area contributed by atoms with Crippen LogP contribution in [0.15, 0.2) is 84.9 Å². The van der Waals surface area contributed by atoms with Crippen LogP contribution in [0, 0.1) is 0 Å². The number of halogens is 3. The highest BCUT2D eigenvalue weighted by Crippen LogP contribution is 2.39. The standard InChI is InChI=1S/C32H33F3N4O4/c33-32(34,35)26-11-7-10-25(18-26)19-36-28(40)20-38-23-39(27-12-5-2-6-13-27)31(30(38)42)14-16-37(17-15-31)29(41)22-43-21-24-8-3-1-4-9-24/h1-13,18H,14-17,19-23H2,(H,36,40). The van der Waals surface area contributed by atoms with Crippen LogP contribution in [0.3, 0.4) is 0 Å². The van der Waals surface area contributed by atoms with Crippen LogP contribution in [-0.4, -0.2) is 66.0 Å². The number of carbonyl (C=O) groups is 3. The molecule has 0 atom stereocenters. The van der Waals surface area contributed by atoms with Crippen molar-refractivity contribution < 1.29 is 32.3 Å². The number of para-hydroxylation sites is 1. The van der Waals surface area contributed by atoms with Gasteiger partial charge in [0.15, 0.2) is 0 Å². The van der Waals surface area contributed by atoms with Gasteiger partial charge in [0.25, 0.3) is 5.91 Å². The highest BCUT2D eigenvalue weighted by Gasteiger charge is 2.54. The lowest BCUT2D eigenvalue weighted by molar-refractivity contribution is -0.142. The number of piperidine rings is 1. The molecule has 2 saturated heterocycles. The van der Waals surface area contributed by atoms with E-state index in [2.05, 4.69) is 5.32 Å². The second kappa shape index (κ2) is 12.9. The van der Waals surface area contributed by atoms with Crippen LogP contribution in [-0.2, 0) is 38.4 Å². The van der Waals surface area contributed by atoms with Crippen molar-refractivity contribution >= 4 is 23.4 Å². The number of anilines is 1. The summed E-state index contributed by atoms with van der Waals surface area (Å²) in [5.74, 6) is -0.828.